The minimum absolute atomic E-state index is 0.168. The van der Waals surface area contributed by atoms with Crippen LogP contribution in [0.5, 0.6) is 0 Å². The van der Waals surface area contributed by atoms with Crippen molar-refractivity contribution in [3.05, 3.63) is 40.6 Å². The minimum atomic E-state index is -3.11. The Kier molecular flexibility index (Phi) is 5.68. The summed E-state index contributed by atoms with van der Waals surface area (Å²) in [6.07, 6.45) is 3.05. The van der Waals surface area contributed by atoms with Crippen LogP contribution >= 0.6 is 11.6 Å². The molecule has 0 bridgehead atoms. The van der Waals surface area contributed by atoms with Crippen LogP contribution in [-0.4, -0.2) is 48.7 Å². The van der Waals surface area contributed by atoms with Gasteiger partial charge in [0, 0.05) is 25.2 Å². The molecule has 156 valence electrons. The van der Waals surface area contributed by atoms with Gasteiger partial charge in [0.2, 0.25) is 10.0 Å². The highest BCUT2D eigenvalue weighted by atomic mass is 35.5. The van der Waals surface area contributed by atoms with Crippen molar-refractivity contribution in [2.24, 2.45) is 5.92 Å². The summed E-state index contributed by atoms with van der Waals surface area (Å²) < 4.78 is 31.6. The van der Waals surface area contributed by atoms with Gasteiger partial charge in [-0.15, -0.1) is 0 Å². The smallest absolute Gasteiger partial charge is 0.257 e. The maximum atomic E-state index is 12.8. The molecule has 1 saturated heterocycles. The largest absolute Gasteiger partial charge is 0.360 e. The van der Waals surface area contributed by atoms with Crippen molar-refractivity contribution in [3.63, 3.8) is 0 Å². The molecule has 1 aliphatic carbocycles. The number of aromatic nitrogens is 1. The van der Waals surface area contributed by atoms with E-state index in [1.165, 1.54) is 0 Å². The molecule has 4 rings (SSSR count). The minimum Gasteiger partial charge on any atom is -0.360 e. The van der Waals surface area contributed by atoms with E-state index >= 15 is 0 Å². The highest BCUT2D eigenvalue weighted by Crippen LogP contribution is 2.33. The lowest BCUT2D eigenvalue weighted by Gasteiger charge is -2.31. The molecule has 1 aromatic heterocycles. The fourth-order valence-electron chi connectivity index (χ4n) is 3.75. The van der Waals surface area contributed by atoms with E-state index in [0.717, 1.165) is 25.7 Å². The summed E-state index contributed by atoms with van der Waals surface area (Å²) >= 11 is 6.25. The van der Waals surface area contributed by atoms with Crippen molar-refractivity contribution in [1.82, 2.24) is 14.8 Å². The first-order chi connectivity index (χ1) is 13.9. The maximum absolute atomic E-state index is 12.8. The summed E-state index contributed by atoms with van der Waals surface area (Å²) in [6, 6.07) is 7.18. The number of halogens is 1. The van der Waals surface area contributed by atoms with Crippen LogP contribution in [0.2, 0.25) is 5.02 Å². The van der Waals surface area contributed by atoms with E-state index in [2.05, 4.69) is 10.5 Å². The van der Waals surface area contributed by atoms with Crippen molar-refractivity contribution in [2.45, 2.75) is 37.9 Å². The molecule has 9 heteroatoms. The van der Waals surface area contributed by atoms with E-state index in [-0.39, 0.29) is 17.1 Å². The van der Waals surface area contributed by atoms with Gasteiger partial charge in [0.05, 0.1) is 10.3 Å². The molecule has 1 N–H and O–H groups in total. The van der Waals surface area contributed by atoms with E-state index in [9.17, 15) is 13.2 Å². The highest BCUT2D eigenvalue weighted by Gasteiger charge is 2.41. The predicted molar refractivity (Wildman–Crippen MR) is 110 cm³/mol. The number of hydrogen-bond acceptors (Lipinski definition) is 5. The molecule has 0 unspecified atom stereocenters. The van der Waals surface area contributed by atoms with Crippen LogP contribution in [0, 0.1) is 12.8 Å². The molecule has 0 radical (unpaired) electrons. The topological polar surface area (TPSA) is 92.5 Å². The van der Waals surface area contributed by atoms with Gasteiger partial charge in [-0.25, -0.2) is 12.7 Å². The zero-order valence-corrected chi connectivity index (χ0v) is 17.8. The van der Waals surface area contributed by atoms with Gasteiger partial charge in [-0.2, -0.15) is 0 Å². The SMILES string of the molecule is Cc1onc(-c2ccccc2Cl)c1C(=O)NCC1CCN(S(=O)(=O)C2CC2)CC1. The van der Waals surface area contributed by atoms with Gasteiger partial charge in [-0.3, -0.25) is 4.79 Å². The summed E-state index contributed by atoms with van der Waals surface area (Å²) in [7, 11) is -3.11. The fourth-order valence-corrected chi connectivity index (χ4v) is 5.85. The van der Waals surface area contributed by atoms with Crippen molar-refractivity contribution in [3.8, 4) is 11.3 Å². The zero-order valence-electron chi connectivity index (χ0n) is 16.2. The maximum Gasteiger partial charge on any atom is 0.257 e. The van der Waals surface area contributed by atoms with E-state index < -0.39 is 10.0 Å². The van der Waals surface area contributed by atoms with Crippen molar-refractivity contribution < 1.29 is 17.7 Å². The number of benzene rings is 1. The average molecular weight is 438 g/mol. The Hall–Kier alpha value is -1.90. The first kappa shape index (κ1) is 20.4. The number of carbonyl (C=O) groups is 1. The van der Waals surface area contributed by atoms with Gasteiger partial charge in [0.25, 0.3) is 5.91 Å². The monoisotopic (exact) mass is 437 g/mol. The van der Waals surface area contributed by atoms with Gasteiger partial charge in [-0.05, 0) is 44.6 Å². The quantitative estimate of drug-likeness (QED) is 0.748. The van der Waals surface area contributed by atoms with Crippen LogP contribution in [0.4, 0.5) is 0 Å². The molecule has 7 nitrogen and oxygen atoms in total. The Morgan fingerprint density at radius 3 is 2.59 bits per heavy atom. The second-order valence-corrected chi connectivity index (χ2v) is 10.4. The summed E-state index contributed by atoms with van der Waals surface area (Å²) in [5.74, 6) is 0.419. The van der Waals surface area contributed by atoms with Crippen LogP contribution in [0.3, 0.4) is 0 Å². The van der Waals surface area contributed by atoms with Gasteiger partial charge < -0.3 is 9.84 Å². The Morgan fingerprint density at radius 1 is 1.24 bits per heavy atom. The standard InChI is InChI=1S/C20H24ClN3O4S/c1-13-18(19(23-28-13)16-4-2-3-5-17(16)21)20(25)22-12-14-8-10-24(11-9-14)29(26,27)15-6-7-15/h2-5,14-15H,6-12H2,1H3,(H,22,25). The molecule has 1 aliphatic heterocycles. The molecule has 0 spiro atoms. The number of nitrogens with one attached hydrogen (secondary N) is 1. The van der Waals surface area contributed by atoms with Crippen molar-refractivity contribution >= 4 is 27.5 Å². The Morgan fingerprint density at radius 2 is 1.93 bits per heavy atom. The third-order valence-electron chi connectivity index (χ3n) is 5.65. The number of amides is 1. The Balaban J connectivity index is 1.38. The second kappa shape index (κ2) is 8.08. The summed E-state index contributed by atoms with van der Waals surface area (Å²) in [5, 5.41) is 7.32. The number of piperidine rings is 1. The molecule has 1 aromatic carbocycles. The summed E-state index contributed by atoms with van der Waals surface area (Å²) in [6.45, 7) is 3.24. The first-order valence-electron chi connectivity index (χ1n) is 9.86. The first-order valence-corrected chi connectivity index (χ1v) is 11.7. The number of nitrogens with zero attached hydrogens (tertiary/aromatic N) is 2. The summed E-state index contributed by atoms with van der Waals surface area (Å²) in [4.78, 5) is 12.8. The van der Waals surface area contributed by atoms with Gasteiger partial charge >= 0.3 is 0 Å². The molecule has 2 aliphatic rings. The average Bonchev–Trinajstić information content (AvgIpc) is 3.50. The van der Waals surface area contributed by atoms with E-state index in [4.69, 9.17) is 16.1 Å². The van der Waals surface area contributed by atoms with Gasteiger partial charge in [0.15, 0.2) is 0 Å². The number of aryl methyl sites for hydroxylation is 1. The molecule has 2 aromatic rings. The predicted octanol–water partition coefficient (Wildman–Crippen LogP) is 3.24. The van der Waals surface area contributed by atoms with Crippen LogP contribution in [-0.2, 0) is 10.0 Å². The van der Waals surface area contributed by atoms with E-state index in [1.807, 2.05) is 12.1 Å². The number of sulfonamides is 1. The third kappa shape index (κ3) is 4.20. The zero-order chi connectivity index (χ0) is 20.6. The molecule has 2 fully saturated rings. The Bertz CT molecular complexity index is 1010. The Labute approximate surface area is 175 Å². The number of rotatable bonds is 6. The lowest BCUT2D eigenvalue weighted by Crippen LogP contribution is -2.42. The van der Waals surface area contributed by atoms with E-state index in [1.54, 1.807) is 23.4 Å². The van der Waals surface area contributed by atoms with Gasteiger partial charge in [0.1, 0.15) is 17.0 Å². The lowest BCUT2D eigenvalue weighted by molar-refractivity contribution is 0.0940. The van der Waals surface area contributed by atoms with Crippen LogP contribution in [0.25, 0.3) is 11.3 Å². The van der Waals surface area contributed by atoms with Gasteiger partial charge in [-0.1, -0.05) is 35.0 Å². The van der Waals surface area contributed by atoms with Crippen molar-refractivity contribution in [1.29, 1.82) is 0 Å². The molecule has 29 heavy (non-hydrogen) atoms. The molecule has 2 heterocycles. The van der Waals surface area contributed by atoms with Crippen molar-refractivity contribution in [2.75, 3.05) is 19.6 Å². The molecular formula is C20H24ClN3O4S. The number of carbonyl (C=O) groups excluding carboxylic acids is 1. The third-order valence-corrected chi connectivity index (χ3v) is 8.38. The van der Waals surface area contributed by atoms with Crippen LogP contribution in [0.1, 0.15) is 41.8 Å². The van der Waals surface area contributed by atoms with Crippen LogP contribution < -0.4 is 5.32 Å². The van der Waals surface area contributed by atoms with E-state index in [0.29, 0.717) is 47.2 Å². The second-order valence-electron chi connectivity index (χ2n) is 7.74. The molecule has 1 amide bonds. The highest BCUT2D eigenvalue weighted by molar-refractivity contribution is 7.90. The molecular weight excluding hydrogens is 414 g/mol. The van der Waals surface area contributed by atoms with Crippen LogP contribution in [0.15, 0.2) is 28.8 Å². The fraction of sp³-hybridized carbons (Fsp3) is 0.500. The normalized spacial score (nSPS) is 18.7. The molecule has 1 saturated carbocycles. The lowest BCUT2D eigenvalue weighted by atomic mass is 9.98. The number of hydrogen-bond donors (Lipinski definition) is 1. The molecule has 0 atom stereocenters. The summed E-state index contributed by atoms with van der Waals surface area (Å²) in [5.41, 5.74) is 1.46.